The summed E-state index contributed by atoms with van der Waals surface area (Å²) < 4.78 is 37.6. The SMILES string of the molecule is CCOC(=O)C1=C(CN2CC(F)CC(COCC(=O)O)C2)NC(c2nccs2)=NC1.Fc1cccc(Br)c1. The van der Waals surface area contributed by atoms with Crippen molar-refractivity contribution in [2.24, 2.45) is 10.9 Å². The maximum absolute atomic E-state index is 14.3. The number of ether oxygens (including phenoxy) is 2. The Kier molecular flexibility index (Phi) is 11.8. The van der Waals surface area contributed by atoms with Crippen LogP contribution in [0.15, 0.2) is 56.6 Å². The topological polar surface area (TPSA) is 113 Å². The normalized spacial score (nSPS) is 19.6. The van der Waals surface area contributed by atoms with E-state index in [0.717, 1.165) is 4.47 Å². The van der Waals surface area contributed by atoms with Gasteiger partial charge in [0.15, 0.2) is 10.8 Å². The summed E-state index contributed by atoms with van der Waals surface area (Å²) in [5.41, 5.74) is 1.03. The number of hydrogen-bond donors (Lipinski definition) is 2. The number of carbonyl (C=O) groups excluding carboxylic acids is 1. The maximum Gasteiger partial charge on any atom is 0.337 e. The number of nitrogens with zero attached hydrogens (tertiary/aromatic N) is 3. The van der Waals surface area contributed by atoms with Gasteiger partial charge in [0.05, 0.1) is 25.3 Å². The number of benzene rings is 1. The standard InChI is InChI=1S/C19H25FN4O5S.C6H4BrF/c1-2-29-19(27)14-6-22-17(18-21-3-4-30-18)23-15(14)9-24-7-12(5-13(20)8-24)10-28-11-16(25)26;7-5-2-1-3-6(8)4-5/h3-4,12-13H,2,5-11H2,1H3,(H,22,23)(H,25,26);1-4H. The number of rotatable bonds is 9. The predicted octanol–water partition coefficient (Wildman–Crippen LogP) is 3.66. The molecular weight excluding hydrogens is 586 g/mol. The number of carboxylic acid groups (broad SMARTS) is 1. The number of thiazole rings is 1. The number of aliphatic imine (C=N–C) groups is 1. The number of aliphatic carboxylic acids is 1. The lowest BCUT2D eigenvalue weighted by atomic mass is 9.97. The average molecular weight is 615 g/mol. The van der Waals surface area contributed by atoms with Crippen LogP contribution in [0.25, 0.3) is 0 Å². The number of carboxylic acids is 1. The van der Waals surface area contributed by atoms with E-state index < -0.39 is 24.7 Å². The Hall–Kier alpha value is -2.74. The van der Waals surface area contributed by atoms with Gasteiger partial charge in [-0.05, 0) is 37.5 Å². The van der Waals surface area contributed by atoms with Crippen molar-refractivity contribution in [1.82, 2.24) is 15.2 Å². The van der Waals surface area contributed by atoms with Crippen molar-refractivity contribution in [3.63, 3.8) is 0 Å². The first-order valence-electron chi connectivity index (χ1n) is 11.9. The molecule has 3 heterocycles. The molecular formula is C25H29BrF2N4O5S. The highest BCUT2D eigenvalue weighted by atomic mass is 79.9. The fourth-order valence-corrected chi connectivity index (χ4v) is 4.96. The van der Waals surface area contributed by atoms with Crippen LogP contribution in [0, 0.1) is 11.7 Å². The first-order chi connectivity index (χ1) is 18.2. The molecule has 1 saturated heterocycles. The molecule has 2 N–H and O–H groups in total. The second kappa shape index (κ2) is 15.0. The second-order valence-electron chi connectivity index (χ2n) is 8.55. The van der Waals surface area contributed by atoms with Crippen molar-refractivity contribution < 1.29 is 33.0 Å². The van der Waals surface area contributed by atoms with Crippen molar-refractivity contribution in [3.8, 4) is 0 Å². The maximum atomic E-state index is 14.3. The predicted molar refractivity (Wildman–Crippen MR) is 142 cm³/mol. The molecule has 2 atom stereocenters. The molecule has 0 radical (unpaired) electrons. The molecule has 9 nitrogen and oxygen atoms in total. The van der Waals surface area contributed by atoms with Crippen molar-refractivity contribution in [2.45, 2.75) is 19.5 Å². The summed E-state index contributed by atoms with van der Waals surface area (Å²) in [5, 5.41) is 14.4. The number of carbonyl (C=O) groups is 2. The first-order valence-corrected chi connectivity index (χ1v) is 13.6. The molecule has 0 saturated carbocycles. The Morgan fingerprint density at radius 2 is 2.16 bits per heavy atom. The van der Waals surface area contributed by atoms with Gasteiger partial charge >= 0.3 is 11.9 Å². The quantitative estimate of drug-likeness (QED) is 0.412. The summed E-state index contributed by atoms with van der Waals surface area (Å²) in [6.07, 6.45) is 0.938. The molecule has 2 unspecified atom stereocenters. The van der Waals surface area contributed by atoms with Crippen molar-refractivity contribution in [2.75, 3.05) is 46.0 Å². The monoisotopic (exact) mass is 614 g/mol. The summed E-state index contributed by atoms with van der Waals surface area (Å²) in [6, 6.07) is 6.26. The zero-order valence-corrected chi connectivity index (χ0v) is 23.1. The summed E-state index contributed by atoms with van der Waals surface area (Å²) in [4.78, 5) is 33.6. The number of aromatic nitrogens is 1. The Balaban J connectivity index is 0.000000427. The van der Waals surface area contributed by atoms with Gasteiger partial charge in [-0.1, -0.05) is 22.0 Å². The summed E-state index contributed by atoms with van der Waals surface area (Å²) in [7, 11) is 0. The van der Waals surface area contributed by atoms with Crippen LogP contribution in [0.5, 0.6) is 0 Å². The van der Waals surface area contributed by atoms with E-state index in [0.29, 0.717) is 41.6 Å². The molecule has 1 fully saturated rings. The zero-order valence-electron chi connectivity index (χ0n) is 20.7. The van der Waals surface area contributed by atoms with Crippen LogP contribution in [-0.2, 0) is 19.1 Å². The van der Waals surface area contributed by atoms with Gasteiger partial charge in [0.1, 0.15) is 18.6 Å². The molecule has 38 heavy (non-hydrogen) atoms. The molecule has 1 aromatic carbocycles. The van der Waals surface area contributed by atoms with Crippen molar-refractivity contribution in [1.29, 1.82) is 0 Å². The minimum Gasteiger partial charge on any atom is -0.480 e. The molecule has 0 bridgehead atoms. The van der Waals surface area contributed by atoms with Crippen LogP contribution in [0.3, 0.4) is 0 Å². The third-order valence-electron chi connectivity index (χ3n) is 5.49. The molecule has 0 amide bonds. The first kappa shape index (κ1) is 29.8. The molecule has 0 spiro atoms. The molecule has 2 aliphatic heterocycles. The molecule has 1 aromatic heterocycles. The van der Waals surface area contributed by atoms with E-state index in [2.05, 4.69) is 31.2 Å². The van der Waals surface area contributed by atoms with Crippen LogP contribution in [0.2, 0.25) is 0 Å². The van der Waals surface area contributed by atoms with E-state index in [4.69, 9.17) is 14.6 Å². The van der Waals surface area contributed by atoms with E-state index in [1.807, 2.05) is 10.3 Å². The van der Waals surface area contributed by atoms with Crippen LogP contribution >= 0.6 is 27.3 Å². The molecule has 2 aliphatic rings. The van der Waals surface area contributed by atoms with E-state index in [9.17, 15) is 18.4 Å². The van der Waals surface area contributed by atoms with E-state index in [-0.39, 0.29) is 38.0 Å². The highest BCUT2D eigenvalue weighted by molar-refractivity contribution is 9.10. The number of amidine groups is 1. The van der Waals surface area contributed by atoms with Crippen molar-refractivity contribution >= 4 is 45.0 Å². The number of hydrogen-bond acceptors (Lipinski definition) is 9. The zero-order chi connectivity index (χ0) is 27.5. The Labute approximate surface area is 231 Å². The van der Waals surface area contributed by atoms with E-state index in [1.165, 1.54) is 23.5 Å². The number of nitrogens with one attached hydrogen (secondary N) is 1. The van der Waals surface area contributed by atoms with Gasteiger partial charge in [0, 0.05) is 41.4 Å². The van der Waals surface area contributed by atoms with Crippen LogP contribution in [0.4, 0.5) is 8.78 Å². The lowest BCUT2D eigenvalue weighted by Gasteiger charge is -2.36. The Morgan fingerprint density at radius 1 is 1.34 bits per heavy atom. The minimum absolute atomic E-state index is 0.129. The van der Waals surface area contributed by atoms with Crippen LogP contribution in [0.1, 0.15) is 18.4 Å². The van der Waals surface area contributed by atoms with Gasteiger partial charge in [0.2, 0.25) is 0 Å². The van der Waals surface area contributed by atoms with Gasteiger partial charge in [-0.3, -0.25) is 9.89 Å². The second-order valence-corrected chi connectivity index (χ2v) is 10.4. The molecule has 0 aliphatic carbocycles. The molecule has 13 heteroatoms. The lowest BCUT2D eigenvalue weighted by Crippen LogP contribution is -2.46. The van der Waals surface area contributed by atoms with Gasteiger partial charge in [0.25, 0.3) is 0 Å². The van der Waals surface area contributed by atoms with Gasteiger partial charge < -0.3 is 19.9 Å². The van der Waals surface area contributed by atoms with E-state index >= 15 is 0 Å². The highest BCUT2D eigenvalue weighted by Gasteiger charge is 2.31. The third kappa shape index (κ3) is 9.53. The fourth-order valence-electron chi connectivity index (χ4n) is 3.99. The summed E-state index contributed by atoms with van der Waals surface area (Å²) >= 11 is 4.55. The van der Waals surface area contributed by atoms with Crippen LogP contribution in [-0.4, -0.2) is 84.9 Å². The third-order valence-corrected chi connectivity index (χ3v) is 6.77. The molecule has 2 aromatic rings. The van der Waals surface area contributed by atoms with Crippen LogP contribution < -0.4 is 5.32 Å². The summed E-state index contributed by atoms with van der Waals surface area (Å²) in [5.74, 6) is -1.26. The number of piperidine rings is 1. The average Bonchev–Trinajstić information content (AvgIpc) is 3.39. The number of likely N-dealkylation sites (tertiary alicyclic amines) is 1. The van der Waals surface area contributed by atoms with Gasteiger partial charge in [-0.2, -0.15) is 0 Å². The number of alkyl halides is 1. The number of esters is 1. The van der Waals surface area contributed by atoms with Crippen molar-refractivity contribution in [3.05, 3.63) is 62.4 Å². The largest absolute Gasteiger partial charge is 0.480 e. The fraction of sp³-hybridized carbons (Fsp3) is 0.440. The Bertz CT molecular complexity index is 1130. The Morgan fingerprint density at radius 3 is 2.79 bits per heavy atom. The smallest absolute Gasteiger partial charge is 0.337 e. The molecule has 206 valence electrons. The number of halogens is 3. The lowest BCUT2D eigenvalue weighted by molar-refractivity contribution is -0.143. The summed E-state index contributed by atoms with van der Waals surface area (Å²) in [6.45, 7) is 2.98. The van der Waals surface area contributed by atoms with E-state index in [1.54, 1.807) is 25.3 Å². The van der Waals surface area contributed by atoms with Gasteiger partial charge in [-0.15, -0.1) is 11.3 Å². The van der Waals surface area contributed by atoms with Gasteiger partial charge in [-0.25, -0.2) is 23.4 Å². The highest BCUT2D eigenvalue weighted by Crippen LogP contribution is 2.22. The minimum atomic E-state index is -1.06. The molecule has 4 rings (SSSR count).